The third-order valence-electron chi connectivity index (χ3n) is 4.01. The zero-order chi connectivity index (χ0) is 18.8. The lowest BCUT2D eigenvalue weighted by Crippen LogP contribution is -2.47. The summed E-state index contributed by atoms with van der Waals surface area (Å²) in [6.07, 6.45) is 1.86. The molecule has 134 valence electrons. The molecule has 6 nitrogen and oxygen atoms in total. The molecule has 0 spiro atoms. The van der Waals surface area contributed by atoms with Gasteiger partial charge in [0, 0.05) is 12.7 Å². The standard InChI is InChI=1S/C16H16N2O4S.C2H6/c1-10-8-12-13(9-10)23(21,22)18(2)16(20)14(12)15(19)17-11-6-4-3-5-7-11;1-2/h3-7,9,14H,8H2,1-2H3,(H,17,19);1-2H3. The molecular formula is C18H22N2O4S. The average Bonchev–Trinajstić information content (AvgIpc) is 2.98. The first-order chi connectivity index (χ1) is 11.8. The SMILES string of the molecule is CC.CC1=CC2=C(C1)C(C(=O)Nc1ccccc1)C(=O)N(C)S2(=O)=O. The molecule has 1 aliphatic heterocycles. The summed E-state index contributed by atoms with van der Waals surface area (Å²) >= 11 is 0. The molecule has 0 bridgehead atoms. The van der Waals surface area contributed by atoms with Gasteiger partial charge in [-0.05, 0) is 37.1 Å². The molecule has 1 aromatic carbocycles. The smallest absolute Gasteiger partial charge is 0.266 e. The van der Waals surface area contributed by atoms with Gasteiger partial charge in [0.2, 0.25) is 5.91 Å². The van der Waals surface area contributed by atoms with E-state index in [-0.39, 0.29) is 4.91 Å². The van der Waals surface area contributed by atoms with Crippen LogP contribution in [0.2, 0.25) is 0 Å². The molecule has 1 N–H and O–H groups in total. The number of benzene rings is 1. The number of carbonyl (C=O) groups excluding carboxylic acids is 2. The summed E-state index contributed by atoms with van der Waals surface area (Å²) in [5, 5.41) is 2.68. The van der Waals surface area contributed by atoms with Gasteiger partial charge in [-0.1, -0.05) is 37.6 Å². The van der Waals surface area contributed by atoms with E-state index in [0.29, 0.717) is 22.0 Å². The number of hydrogen-bond donors (Lipinski definition) is 1. The third kappa shape index (κ3) is 3.37. The van der Waals surface area contributed by atoms with Gasteiger partial charge >= 0.3 is 0 Å². The van der Waals surface area contributed by atoms with Crippen LogP contribution >= 0.6 is 0 Å². The second kappa shape index (κ2) is 7.23. The average molecular weight is 362 g/mol. The highest BCUT2D eigenvalue weighted by Gasteiger charge is 2.47. The summed E-state index contributed by atoms with van der Waals surface area (Å²) in [5.41, 5.74) is 1.74. The van der Waals surface area contributed by atoms with Gasteiger partial charge in [0.05, 0.1) is 4.91 Å². The molecule has 2 aliphatic rings. The van der Waals surface area contributed by atoms with E-state index in [1.54, 1.807) is 31.2 Å². The Labute approximate surface area is 148 Å². The Morgan fingerprint density at radius 3 is 2.40 bits per heavy atom. The van der Waals surface area contributed by atoms with Crippen molar-refractivity contribution in [2.75, 3.05) is 12.4 Å². The number of carbonyl (C=O) groups is 2. The van der Waals surface area contributed by atoms with Gasteiger partial charge in [0.25, 0.3) is 15.9 Å². The van der Waals surface area contributed by atoms with Crippen molar-refractivity contribution in [1.82, 2.24) is 4.31 Å². The van der Waals surface area contributed by atoms with Crippen LogP contribution in [0.3, 0.4) is 0 Å². The van der Waals surface area contributed by atoms with Gasteiger partial charge in [0.15, 0.2) is 0 Å². The second-order valence-corrected chi connectivity index (χ2v) is 7.59. The fourth-order valence-corrected chi connectivity index (χ4v) is 4.35. The first kappa shape index (κ1) is 18.9. The van der Waals surface area contributed by atoms with Crippen molar-refractivity contribution in [2.45, 2.75) is 27.2 Å². The predicted octanol–water partition coefficient (Wildman–Crippen LogP) is 2.67. The lowest BCUT2D eigenvalue weighted by Gasteiger charge is -2.29. The lowest BCUT2D eigenvalue weighted by molar-refractivity contribution is -0.134. The highest BCUT2D eigenvalue weighted by molar-refractivity contribution is 7.93. The molecule has 0 fully saturated rings. The van der Waals surface area contributed by atoms with Crippen LogP contribution < -0.4 is 5.32 Å². The van der Waals surface area contributed by atoms with E-state index in [1.807, 2.05) is 19.9 Å². The fraction of sp³-hybridized carbons (Fsp3) is 0.333. The van der Waals surface area contributed by atoms with Gasteiger partial charge < -0.3 is 5.32 Å². The molecule has 0 radical (unpaired) electrons. The summed E-state index contributed by atoms with van der Waals surface area (Å²) < 4.78 is 25.4. The summed E-state index contributed by atoms with van der Waals surface area (Å²) in [6, 6.07) is 8.76. The summed E-state index contributed by atoms with van der Waals surface area (Å²) in [5.74, 6) is -2.36. The minimum atomic E-state index is -3.85. The number of allylic oxidation sites excluding steroid dienone is 2. The van der Waals surface area contributed by atoms with Gasteiger partial charge in [0.1, 0.15) is 5.92 Å². The summed E-state index contributed by atoms with van der Waals surface area (Å²) in [4.78, 5) is 25.1. The molecule has 1 atom stereocenters. The van der Waals surface area contributed by atoms with Crippen molar-refractivity contribution in [3.8, 4) is 0 Å². The highest BCUT2D eigenvalue weighted by Crippen LogP contribution is 2.40. The van der Waals surface area contributed by atoms with Crippen LogP contribution in [0.1, 0.15) is 27.2 Å². The molecular weight excluding hydrogens is 340 g/mol. The first-order valence-electron chi connectivity index (χ1n) is 8.11. The minimum Gasteiger partial charge on any atom is -0.325 e. The highest BCUT2D eigenvalue weighted by atomic mass is 32.2. The fourth-order valence-electron chi connectivity index (χ4n) is 2.84. The van der Waals surface area contributed by atoms with Crippen molar-refractivity contribution in [2.24, 2.45) is 5.92 Å². The Morgan fingerprint density at radius 1 is 1.20 bits per heavy atom. The van der Waals surface area contributed by atoms with Crippen LogP contribution in [0.15, 0.2) is 52.5 Å². The Kier molecular flexibility index (Phi) is 5.47. The van der Waals surface area contributed by atoms with Crippen LogP contribution in [0.4, 0.5) is 5.69 Å². The number of sulfonamides is 1. The predicted molar refractivity (Wildman–Crippen MR) is 97.0 cm³/mol. The molecule has 1 unspecified atom stereocenters. The maximum absolute atomic E-state index is 12.6. The normalized spacial score (nSPS) is 21.1. The molecule has 2 amide bonds. The molecule has 0 saturated carbocycles. The van der Waals surface area contributed by atoms with Crippen LogP contribution in [-0.2, 0) is 19.6 Å². The van der Waals surface area contributed by atoms with E-state index in [4.69, 9.17) is 0 Å². The Morgan fingerprint density at radius 2 is 1.80 bits per heavy atom. The van der Waals surface area contributed by atoms with Crippen molar-refractivity contribution in [3.63, 3.8) is 0 Å². The number of para-hydroxylation sites is 1. The molecule has 7 heteroatoms. The Bertz CT molecular complexity index is 854. The molecule has 1 aromatic rings. The number of rotatable bonds is 2. The first-order valence-corrected chi connectivity index (χ1v) is 9.55. The monoisotopic (exact) mass is 362 g/mol. The van der Waals surface area contributed by atoms with Crippen molar-refractivity contribution in [1.29, 1.82) is 0 Å². The topological polar surface area (TPSA) is 83.6 Å². The maximum Gasteiger partial charge on any atom is 0.266 e. The number of amides is 2. The lowest BCUT2D eigenvalue weighted by atomic mass is 9.94. The number of nitrogens with zero attached hydrogens (tertiary/aromatic N) is 1. The molecule has 0 aromatic heterocycles. The molecule has 1 heterocycles. The van der Waals surface area contributed by atoms with Crippen LogP contribution in [0.5, 0.6) is 0 Å². The number of nitrogens with one attached hydrogen (secondary N) is 1. The molecule has 0 saturated heterocycles. The summed E-state index contributed by atoms with van der Waals surface area (Å²) in [6.45, 7) is 5.78. The molecule has 1 aliphatic carbocycles. The van der Waals surface area contributed by atoms with E-state index in [1.165, 1.54) is 13.1 Å². The van der Waals surface area contributed by atoms with Crippen molar-refractivity contribution < 1.29 is 18.0 Å². The maximum atomic E-state index is 12.6. The van der Waals surface area contributed by atoms with Gasteiger partial charge in [-0.25, -0.2) is 12.7 Å². The zero-order valence-corrected chi connectivity index (χ0v) is 15.6. The Hall–Kier alpha value is -2.41. The number of anilines is 1. The van der Waals surface area contributed by atoms with Crippen LogP contribution in [0.25, 0.3) is 0 Å². The van der Waals surface area contributed by atoms with E-state index in [0.717, 1.165) is 5.57 Å². The summed E-state index contributed by atoms with van der Waals surface area (Å²) in [7, 11) is -2.67. The zero-order valence-electron chi connectivity index (χ0n) is 14.7. The Balaban J connectivity index is 0.00000109. The largest absolute Gasteiger partial charge is 0.325 e. The van der Waals surface area contributed by atoms with Gasteiger partial charge in [-0.2, -0.15) is 0 Å². The van der Waals surface area contributed by atoms with Gasteiger partial charge in [-0.3, -0.25) is 9.59 Å². The van der Waals surface area contributed by atoms with Crippen LogP contribution in [-0.4, -0.2) is 31.6 Å². The van der Waals surface area contributed by atoms with Crippen molar-refractivity contribution >= 4 is 27.5 Å². The van der Waals surface area contributed by atoms with Crippen molar-refractivity contribution in [3.05, 3.63) is 52.5 Å². The van der Waals surface area contributed by atoms with E-state index < -0.39 is 27.8 Å². The minimum absolute atomic E-state index is 0.0744. The van der Waals surface area contributed by atoms with Gasteiger partial charge in [-0.15, -0.1) is 0 Å². The van der Waals surface area contributed by atoms with E-state index >= 15 is 0 Å². The quantitative estimate of drug-likeness (QED) is 0.820. The molecule has 3 rings (SSSR count). The van der Waals surface area contributed by atoms with Crippen LogP contribution in [0, 0.1) is 5.92 Å². The van der Waals surface area contributed by atoms with E-state index in [9.17, 15) is 18.0 Å². The second-order valence-electron chi connectivity index (χ2n) is 5.66. The third-order valence-corrected chi connectivity index (χ3v) is 5.85. The number of hydrogen-bond acceptors (Lipinski definition) is 4. The van der Waals surface area contributed by atoms with E-state index in [2.05, 4.69) is 5.32 Å². The molecule has 25 heavy (non-hydrogen) atoms.